The molecule has 23 heavy (non-hydrogen) atoms. The average Bonchev–Trinajstić information content (AvgIpc) is 2.58. The molecule has 4 nitrogen and oxygen atoms in total. The molecule has 0 bridgehead atoms. The number of ketones is 1. The normalized spacial score (nSPS) is 10.3. The van der Waals surface area contributed by atoms with E-state index < -0.39 is 5.97 Å². The van der Waals surface area contributed by atoms with E-state index in [0.29, 0.717) is 29.9 Å². The first-order valence-electron chi connectivity index (χ1n) is 7.72. The van der Waals surface area contributed by atoms with Crippen molar-refractivity contribution in [2.24, 2.45) is 0 Å². The third kappa shape index (κ3) is 5.25. The van der Waals surface area contributed by atoms with Gasteiger partial charge in [-0.3, -0.25) is 9.59 Å². The van der Waals surface area contributed by atoms with E-state index in [1.807, 2.05) is 30.3 Å². The lowest BCUT2D eigenvalue weighted by Gasteiger charge is -2.10. The Bertz CT molecular complexity index is 649. The number of carboxylic acid groups (broad SMARTS) is 1. The van der Waals surface area contributed by atoms with E-state index in [4.69, 9.17) is 9.84 Å². The van der Waals surface area contributed by atoms with E-state index in [0.717, 1.165) is 12.8 Å². The number of benzene rings is 2. The standard InChI is InChI=1S/C19H20O4/c20-18(21)13-5-2-8-14-23-17-12-7-6-11-16(17)19(22)15-9-3-1-4-10-15/h1,3-4,6-7,9-12H,2,5,8,13-14H2,(H,20,21). The maximum atomic E-state index is 12.5. The molecule has 4 heteroatoms. The fourth-order valence-electron chi connectivity index (χ4n) is 2.26. The molecule has 120 valence electrons. The van der Waals surface area contributed by atoms with Crippen molar-refractivity contribution in [2.75, 3.05) is 6.61 Å². The lowest BCUT2D eigenvalue weighted by Crippen LogP contribution is -2.06. The van der Waals surface area contributed by atoms with Gasteiger partial charge in [0.15, 0.2) is 5.78 Å². The van der Waals surface area contributed by atoms with Crippen LogP contribution in [0, 0.1) is 0 Å². The molecule has 0 aliphatic heterocycles. The van der Waals surface area contributed by atoms with Gasteiger partial charge in [0.25, 0.3) is 0 Å². The van der Waals surface area contributed by atoms with Gasteiger partial charge in [-0.1, -0.05) is 42.5 Å². The molecule has 0 saturated heterocycles. The molecule has 0 spiro atoms. The number of unbranched alkanes of at least 4 members (excludes halogenated alkanes) is 2. The predicted molar refractivity (Wildman–Crippen MR) is 87.9 cm³/mol. The van der Waals surface area contributed by atoms with Crippen molar-refractivity contribution in [3.05, 3.63) is 65.7 Å². The van der Waals surface area contributed by atoms with Crippen LogP contribution in [0.1, 0.15) is 41.6 Å². The van der Waals surface area contributed by atoms with Gasteiger partial charge in [-0.15, -0.1) is 0 Å². The Hall–Kier alpha value is -2.62. The van der Waals surface area contributed by atoms with Crippen molar-refractivity contribution < 1.29 is 19.4 Å². The van der Waals surface area contributed by atoms with Crippen LogP contribution in [0.15, 0.2) is 54.6 Å². The highest BCUT2D eigenvalue weighted by atomic mass is 16.5. The van der Waals surface area contributed by atoms with Crippen molar-refractivity contribution in [3.8, 4) is 5.75 Å². The van der Waals surface area contributed by atoms with Gasteiger partial charge in [-0.25, -0.2) is 0 Å². The van der Waals surface area contributed by atoms with E-state index in [9.17, 15) is 9.59 Å². The van der Waals surface area contributed by atoms with Crippen LogP contribution < -0.4 is 4.74 Å². The van der Waals surface area contributed by atoms with Crippen LogP contribution in [0.25, 0.3) is 0 Å². The molecule has 2 rings (SSSR count). The van der Waals surface area contributed by atoms with Crippen LogP contribution in [-0.2, 0) is 4.79 Å². The topological polar surface area (TPSA) is 63.6 Å². The van der Waals surface area contributed by atoms with Gasteiger partial charge in [-0.2, -0.15) is 0 Å². The van der Waals surface area contributed by atoms with Crippen molar-refractivity contribution >= 4 is 11.8 Å². The van der Waals surface area contributed by atoms with Gasteiger partial charge in [-0.05, 0) is 31.4 Å². The third-order valence-corrected chi connectivity index (χ3v) is 3.46. The molecule has 0 heterocycles. The molecule has 0 atom stereocenters. The highest BCUT2D eigenvalue weighted by Gasteiger charge is 2.13. The van der Waals surface area contributed by atoms with Gasteiger partial charge in [0.2, 0.25) is 0 Å². The Morgan fingerprint density at radius 2 is 1.57 bits per heavy atom. The van der Waals surface area contributed by atoms with Gasteiger partial charge in [0.1, 0.15) is 5.75 Å². The number of carbonyl (C=O) groups excluding carboxylic acids is 1. The number of carbonyl (C=O) groups is 2. The summed E-state index contributed by atoms with van der Waals surface area (Å²) < 4.78 is 5.72. The van der Waals surface area contributed by atoms with E-state index in [2.05, 4.69) is 0 Å². The molecule has 0 saturated carbocycles. The largest absolute Gasteiger partial charge is 0.493 e. The predicted octanol–water partition coefficient (Wildman–Crippen LogP) is 3.94. The lowest BCUT2D eigenvalue weighted by molar-refractivity contribution is -0.137. The zero-order valence-electron chi connectivity index (χ0n) is 12.9. The summed E-state index contributed by atoms with van der Waals surface area (Å²) in [5.74, 6) is -0.267. The second kappa shape index (κ2) is 8.73. The first-order chi connectivity index (χ1) is 11.2. The molecule has 0 fully saturated rings. The molecule has 0 radical (unpaired) electrons. The number of aliphatic carboxylic acids is 1. The minimum absolute atomic E-state index is 0.0629. The average molecular weight is 312 g/mol. The van der Waals surface area contributed by atoms with E-state index in [1.165, 1.54) is 0 Å². The van der Waals surface area contributed by atoms with Crippen LogP contribution >= 0.6 is 0 Å². The molecule has 0 aromatic heterocycles. The van der Waals surface area contributed by atoms with E-state index >= 15 is 0 Å². The zero-order valence-corrected chi connectivity index (χ0v) is 12.9. The summed E-state index contributed by atoms with van der Waals surface area (Å²) in [4.78, 5) is 23.0. The van der Waals surface area contributed by atoms with Crippen molar-refractivity contribution in [1.82, 2.24) is 0 Å². The molecule has 0 aliphatic rings. The molecule has 0 amide bonds. The smallest absolute Gasteiger partial charge is 0.303 e. The molecule has 0 aliphatic carbocycles. The Kier molecular flexibility index (Phi) is 6.36. The maximum absolute atomic E-state index is 12.5. The molecular weight excluding hydrogens is 292 g/mol. The summed E-state index contributed by atoms with van der Waals surface area (Å²) in [6.45, 7) is 0.471. The Balaban J connectivity index is 1.93. The molecule has 2 aromatic carbocycles. The van der Waals surface area contributed by atoms with Crippen LogP contribution in [0.4, 0.5) is 0 Å². The van der Waals surface area contributed by atoms with Gasteiger partial charge >= 0.3 is 5.97 Å². The summed E-state index contributed by atoms with van der Waals surface area (Å²) >= 11 is 0. The van der Waals surface area contributed by atoms with Crippen molar-refractivity contribution in [2.45, 2.75) is 25.7 Å². The fraction of sp³-hybridized carbons (Fsp3) is 0.263. The first kappa shape index (κ1) is 16.7. The van der Waals surface area contributed by atoms with E-state index in [1.54, 1.807) is 24.3 Å². The SMILES string of the molecule is O=C(O)CCCCCOc1ccccc1C(=O)c1ccccc1. The van der Waals surface area contributed by atoms with Gasteiger partial charge in [0.05, 0.1) is 12.2 Å². The summed E-state index contributed by atoms with van der Waals surface area (Å²) in [6, 6.07) is 16.3. The Morgan fingerprint density at radius 1 is 0.870 bits per heavy atom. The van der Waals surface area contributed by atoms with Crippen LogP contribution in [0.3, 0.4) is 0 Å². The van der Waals surface area contributed by atoms with Crippen molar-refractivity contribution in [1.29, 1.82) is 0 Å². The van der Waals surface area contributed by atoms with Crippen LogP contribution in [0.2, 0.25) is 0 Å². The van der Waals surface area contributed by atoms with E-state index in [-0.39, 0.29) is 12.2 Å². The van der Waals surface area contributed by atoms with Crippen LogP contribution in [0.5, 0.6) is 5.75 Å². The quantitative estimate of drug-likeness (QED) is 0.562. The third-order valence-electron chi connectivity index (χ3n) is 3.46. The monoisotopic (exact) mass is 312 g/mol. The lowest BCUT2D eigenvalue weighted by atomic mass is 10.0. The first-order valence-corrected chi connectivity index (χ1v) is 7.72. The Morgan fingerprint density at radius 3 is 2.30 bits per heavy atom. The number of para-hydroxylation sites is 1. The highest BCUT2D eigenvalue weighted by molar-refractivity contribution is 6.10. The van der Waals surface area contributed by atoms with Gasteiger partial charge in [0, 0.05) is 12.0 Å². The minimum atomic E-state index is -0.773. The summed E-state index contributed by atoms with van der Waals surface area (Å²) in [7, 11) is 0. The second-order valence-electron chi connectivity index (χ2n) is 5.24. The summed E-state index contributed by atoms with van der Waals surface area (Å²) in [5.41, 5.74) is 1.18. The minimum Gasteiger partial charge on any atom is -0.493 e. The number of hydrogen-bond donors (Lipinski definition) is 1. The number of rotatable bonds is 9. The van der Waals surface area contributed by atoms with Gasteiger partial charge < -0.3 is 9.84 Å². The Labute approximate surface area is 135 Å². The zero-order chi connectivity index (χ0) is 16.5. The molecule has 1 N–H and O–H groups in total. The molecule has 0 unspecified atom stereocenters. The van der Waals surface area contributed by atoms with Crippen molar-refractivity contribution in [3.63, 3.8) is 0 Å². The molecular formula is C19H20O4. The highest BCUT2D eigenvalue weighted by Crippen LogP contribution is 2.22. The summed E-state index contributed by atoms with van der Waals surface area (Å²) in [5, 5.41) is 8.58. The molecule has 2 aromatic rings. The maximum Gasteiger partial charge on any atom is 0.303 e. The number of hydrogen-bond acceptors (Lipinski definition) is 3. The fourth-order valence-corrected chi connectivity index (χ4v) is 2.26. The summed E-state index contributed by atoms with van der Waals surface area (Å²) in [6.07, 6.45) is 2.38. The number of carboxylic acids is 1. The number of ether oxygens (including phenoxy) is 1. The van der Waals surface area contributed by atoms with Crippen LogP contribution in [-0.4, -0.2) is 23.5 Å². The second-order valence-corrected chi connectivity index (χ2v) is 5.24.